The van der Waals surface area contributed by atoms with Gasteiger partial charge in [0.2, 0.25) is 5.91 Å². The summed E-state index contributed by atoms with van der Waals surface area (Å²) in [5.41, 5.74) is 1.54. The number of carbonyl (C=O) groups is 2. The summed E-state index contributed by atoms with van der Waals surface area (Å²) in [7, 11) is 1.43. The van der Waals surface area contributed by atoms with Crippen LogP contribution in [-0.4, -0.2) is 23.9 Å². The number of carbonyl (C=O) groups excluding carboxylic acids is 2. The van der Waals surface area contributed by atoms with Crippen LogP contribution in [0.5, 0.6) is 5.75 Å². The first kappa shape index (κ1) is 20.4. The Bertz CT molecular complexity index is 1050. The summed E-state index contributed by atoms with van der Waals surface area (Å²) in [6.07, 6.45) is 1.21. The van der Waals surface area contributed by atoms with Gasteiger partial charge in [-0.25, -0.2) is 4.98 Å². The Morgan fingerprint density at radius 2 is 1.96 bits per heavy atom. The van der Waals surface area contributed by atoms with Gasteiger partial charge in [0, 0.05) is 17.1 Å². The van der Waals surface area contributed by atoms with Gasteiger partial charge < -0.3 is 15.4 Å². The standard InChI is InChI=1S/C19H17Cl2N3O3S/c1-3-4-16(25)24-19-23-14-6-5-11(9-15(14)28-19)22-18(26)12-7-10(20)8-13(21)17(12)27-2/h5-9H,3-4H2,1-2H3,(H,22,26)(H,23,24,25). The van der Waals surface area contributed by atoms with Crippen molar-refractivity contribution in [3.8, 4) is 5.75 Å². The SMILES string of the molecule is CCCC(=O)Nc1nc2ccc(NC(=O)c3cc(Cl)cc(Cl)c3OC)cc2s1. The second kappa shape index (κ2) is 8.77. The molecule has 28 heavy (non-hydrogen) atoms. The number of thiazole rings is 1. The van der Waals surface area contributed by atoms with E-state index >= 15 is 0 Å². The maximum atomic E-state index is 12.7. The van der Waals surface area contributed by atoms with Gasteiger partial charge in [0.05, 0.1) is 27.9 Å². The predicted molar refractivity (Wildman–Crippen MR) is 114 cm³/mol. The van der Waals surface area contributed by atoms with Crippen LogP contribution in [0, 0.1) is 0 Å². The summed E-state index contributed by atoms with van der Waals surface area (Å²) in [6.45, 7) is 1.94. The van der Waals surface area contributed by atoms with Crippen molar-refractivity contribution in [2.75, 3.05) is 17.7 Å². The van der Waals surface area contributed by atoms with Crippen LogP contribution in [0.25, 0.3) is 10.2 Å². The summed E-state index contributed by atoms with van der Waals surface area (Å²) in [5.74, 6) is -0.218. The normalized spacial score (nSPS) is 10.7. The van der Waals surface area contributed by atoms with E-state index in [2.05, 4.69) is 15.6 Å². The fourth-order valence-corrected chi connectivity index (χ4v) is 4.09. The number of methoxy groups -OCH3 is 1. The molecule has 9 heteroatoms. The maximum Gasteiger partial charge on any atom is 0.259 e. The van der Waals surface area contributed by atoms with Gasteiger partial charge in [-0.2, -0.15) is 0 Å². The first-order valence-electron chi connectivity index (χ1n) is 8.46. The molecule has 2 N–H and O–H groups in total. The molecular weight excluding hydrogens is 421 g/mol. The van der Waals surface area contributed by atoms with Crippen LogP contribution in [0.15, 0.2) is 30.3 Å². The zero-order valence-electron chi connectivity index (χ0n) is 15.1. The summed E-state index contributed by atoms with van der Waals surface area (Å²) in [5, 5.41) is 6.70. The third kappa shape index (κ3) is 4.55. The fourth-order valence-electron chi connectivity index (χ4n) is 2.60. The first-order chi connectivity index (χ1) is 13.4. The minimum absolute atomic E-state index is 0.0694. The number of fused-ring (bicyclic) bond motifs is 1. The number of anilines is 2. The van der Waals surface area contributed by atoms with Crippen molar-refractivity contribution >= 4 is 67.4 Å². The molecule has 146 valence electrons. The number of amides is 2. The van der Waals surface area contributed by atoms with Crippen molar-refractivity contribution in [1.82, 2.24) is 4.98 Å². The Balaban J connectivity index is 1.83. The number of benzene rings is 2. The number of nitrogens with one attached hydrogen (secondary N) is 2. The number of hydrogen-bond acceptors (Lipinski definition) is 5. The van der Waals surface area contributed by atoms with Crippen LogP contribution >= 0.6 is 34.5 Å². The highest BCUT2D eigenvalue weighted by Crippen LogP contribution is 2.33. The van der Waals surface area contributed by atoms with Gasteiger partial charge >= 0.3 is 0 Å². The van der Waals surface area contributed by atoms with Gasteiger partial charge in [0.15, 0.2) is 5.13 Å². The molecule has 0 radical (unpaired) electrons. The number of aromatic nitrogens is 1. The summed E-state index contributed by atoms with van der Waals surface area (Å²) >= 11 is 13.4. The molecule has 0 aliphatic carbocycles. The quantitative estimate of drug-likeness (QED) is 0.525. The second-order valence-electron chi connectivity index (χ2n) is 5.92. The molecule has 0 aliphatic heterocycles. The van der Waals surface area contributed by atoms with Crippen molar-refractivity contribution < 1.29 is 14.3 Å². The zero-order chi connectivity index (χ0) is 20.3. The Morgan fingerprint density at radius 3 is 2.68 bits per heavy atom. The summed E-state index contributed by atoms with van der Waals surface area (Å²) in [6, 6.07) is 8.30. The molecule has 0 saturated carbocycles. The Labute approximate surface area is 175 Å². The van der Waals surface area contributed by atoms with Crippen molar-refractivity contribution in [3.05, 3.63) is 45.9 Å². The van der Waals surface area contributed by atoms with E-state index in [1.165, 1.54) is 30.6 Å². The molecule has 2 amide bonds. The van der Waals surface area contributed by atoms with Gasteiger partial charge in [0.25, 0.3) is 5.91 Å². The van der Waals surface area contributed by atoms with Gasteiger partial charge in [-0.05, 0) is 36.8 Å². The number of ether oxygens (including phenoxy) is 1. The predicted octanol–water partition coefficient (Wildman–Crippen LogP) is 5.60. The zero-order valence-corrected chi connectivity index (χ0v) is 17.5. The van der Waals surface area contributed by atoms with Gasteiger partial charge in [-0.1, -0.05) is 41.5 Å². The van der Waals surface area contributed by atoms with Crippen molar-refractivity contribution in [2.45, 2.75) is 19.8 Å². The van der Waals surface area contributed by atoms with E-state index in [4.69, 9.17) is 27.9 Å². The van der Waals surface area contributed by atoms with E-state index in [0.717, 1.165) is 16.6 Å². The highest BCUT2D eigenvalue weighted by Gasteiger charge is 2.17. The average molecular weight is 438 g/mol. The lowest BCUT2D eigenvalue weighted by molar-refractivity contribution is -0.116. The third-order valence-corrected chi connectivity index (χ3v) is 5.26. The Hall–Kier alpha value is -2.35. The Morgan fingerprint density at radius 1 is 1.18 bits per heavy atom. The second-order valence-corrected chi connectivity index (χ2v) is 7.80. The lowest BCUT2D eigenvalue weighted by Crippen LogP contribution is -2.13. The summed E-state index contributed by atoms with van der Waals surface area (Å²) < 4.78 is 6.05. The molecule has 0 atom stereocenters. The van der Waals surface area contributed by atoms with Gasteiger partial charge in [0.1, 0.15) is 5.75 Å². The topological polar surface area (TPSA) is 80.3 Å². The number of nitrogens with zero attached hydrogens (tertiary/aromatic N) is 1. The van der Waals surface area contributed by atoms with E-state index in [1.54, 1.807) is 18.2 Å². The van der Waals surface area contributed by atoms with E-state index in [-0.39, 0.29) is 22.2 Å². The number of hydrogen-bond donors (Lipinski definition) is 2. The van der Waals surface area contributed by atoms with Crippen molar-refractivity contribution in [2.24, 2.45) is 0 Å². The van der Waals surface area contributed by atoms with Crippen LogP contribution in [0.3, 0.4) is 0 Å². The van der Waals surface area contributed by atoms with E-state index < -0.39 is 5.91 Å². The molecule has 0 unspecified atom stereocenters. The van der Waals surface area contributed by atoms with Crippen LogP contribution in [0.1, 0.15) is 30.1 Å². The minimum Gasteiger partial charge on any atom is -0.494 e. The molecule has 0 bridgehead atoms. The molecular formula is C19H17Cl2N3O3S. The molecule has 0 fully saturated rings. The minimum atomic E-state index is -0.401. The third-order valence-electron chi connectivity index (χ3n) is 3.83. The smallest absolute Gasteiger partial charge is 0.259 e. The van der Waals surface area contributed by atoms with E-state index in [9.17, 15) is 9.59 Å². The first-order valence-corrected chi connectivity index (χ1v) is 10.0. The highest BCUT2D eigenvalue weighted by molar-refractivity contribution is 7.22. The summed E-state index contributed by atoms with van der Waals surface area (Å²) in [4.78, 5) is 28.8. The van der Waals surface area contributed by atoms with Crippen LogP contribution < -0.4 is 15.4 Å². The van der Waals surface area contributed by atoms with E-state index in [1.807, 2.05) is 6.92 Å². The van der Waals surface area contributed by atoms with Crippen LogP contribution in [0.2, 0.25) is 10.0 Å². The van der Waals surface area contributed by atoms with Crippen molar-refractivity contribution in [1.29, 1.82) is 0 Å². The number of halogens is 2. The van der Waals surface area contributed by atoms with E-state index in [0.29, 0.717) is 22.3 Å². The molecule has 0 spiro atoms. The lowest BCUT2D eigenvalue weighted by atomic mass is 10.1. The molecule has 0 saturated heterocycles. The van der Waals surface area contributed by atoms with Gasteiger partial charge in [-0.3, -0.25) is 9.59 Å². The van der Waals surface area contributed by atoms with Crippen LogP contribution in [-0.2, 0) is 4.79 Å². The maximum absolute atomic E-state index is 12.7. The molecule has 1 aromatic heterocycles. The average Bonchev–Trinajstić information content (AvgIpc) is 3.02. The van der Waals surface area contributed by atoms with Crippen molar-refractivity contribution in [3.63, 3.8) is 0 Å². The number of rotatable bonds is 6. The Kier molecular flexibility index (Phi) is 6.39. The molecule has 3 rings (SSSR count). The molecule has 3 aromatic rings. The lowest BCUT2D eigenvalue weighted by Gasteiger charge is -2.11. The highest BCUT2D eigenvalue weighted by atomic mass is 35.5. The molecule has 6 nitrogen and oxygen atoms in total. The van der Waals surface area contributed by atoms with Crippen LogP contribution in [0.4, 0.5) is 10.8 Å². The van der Waals surface area contributed by atoms with Gasteiger partial charge in [-0.15, -0.1) is 0 Å². The largest absolute Gasteiger partial charge is 0.494 e. The fraction of sp³-hybridized carbons (Fsp3) is 0.211. The molecule has 1 heterocycles. The molecule has 0 aliphatic rings. The monoisotopic (exact) mass is 437 g/mol. The molecule has 2 aromatic carbocycles.